The SMILES string of the molecule is COc1ccc(CCOc2ccc(C)cc2C)cc1. The molecular weight excluding hydrogens is 236 g/mol. The monoisotopic (exact) mass is 256 g/mol. The summed E-state index contributed by atoms with van der Waals surface area (Å²) in [7, 11) is 1.68. The molecule has 0 radical (unpaired) electrons. The Kier molecular flexibility index (Phi) is 4.45. The first kappa shape index (κ1) is 13.5. The Morgan fingerprint density at radius 2 is 1.68 bits per heavy atom. The number of methoxy groups -OCH3 is 1. The lowest BCUT2D eigenvalue weighted by Gasteiger charge is -2.10. The van der Waals surface area contributed by atoms with Gasteiger partial charge in [0, 0.05) is 6.42 Å². The lowest BCUT2D eigenvalue weighted by Crippen LogP contribution is -2.02. The van der Waals surface area contributed by atoms with Gasteiger partial charge >= 0.3 is 0 Å². The van der Waals surface area contributed by atoms with Crippen LogP contribution in [0.25, 0.3) is 0 Å². The average Bonchev–Trinajstić information content (AvgIpc) is 2.42. The van der Waals surface area contributed by atoms with Crippen molar-refractivity contribution in [3.63, 3.8) is 0 Å². The summed E-state index contributed by atoms with van der Waals surface area (Å²) < 4.78 is 11.0. The van der Waals surface area contributed by atoms with Crippen LogP contribution in [-0.2, 0) is 6.42 Å². The van der Waals surface area contributed by atoms with Crippen LogP contribution in [0.5, 0.6) is 11.5 Å². The third kappa shape index (κ3) is 3.75. The molecule has 0 saturated heterocycles. The van der Waals surface area contributed by atoms with Crippen LogP contribution in [0.4, 0.5) is 0 Å². The first-order valence-corrected chi connectivity index (χ1v) is 6.52. The highest BCUT2D eigenvalue weighted by Gasteiger charge is 2.00. The maximum atomic E-state index is 5.82. The molecule has 2 heteroatoms. The number of ether oxygens (including phenoxy) is 2. The van der Waals surface area contributed by atoms with Gasteiger partial charge in [-0.2, -0.15) is 0 Å². The van der Waals surface area contributed by atoms with E-state index in [4.69, 9.17) is 9.47 Å². The van der Waals surface area contributed by atoms with E-state index < -0.39 is 0 Å². The van der Waals surface area contributed by atoms with E-state index in [1.807, 2.05) is 18.2 Å². The third-order valence-corrected chi connectivity index (χ3v) is 3.14. The summed E-state index contributed by atoms with van der Waals surface area (Å²) in [5.74, 6) is 1.86. The molecular formula is C17H20O2. The van der Waals surface area contributed by atoms with Crippen molar-refractivity contribution in [1.82, 2.24) is 0 Å². The number of hydrogen-bond acceptors (Lipinski definition) is 2. The zero-order valence-corrected chi connectivity index (χ0v) is 11.8. The van der Waals surface area contributed by atoms with Crippen LogP contribution in [0.3, 0.4) is 0 Å². The summed E-state index contributed by atoms with van der Waals surface area (Å²) in [4.78, 5) is 0. The van der Waals surface area contributed by atoms with Crippen molar-refractivity contribution in [2.24, 2.45) is 0 Å². The molecule has 2 rings (SSSR count). The Morgan fingerprint density at radius 1 is 0.947 bits per heavy atom. The summed E-state index contributed by atoms with van der Waals surface area (Å²) >= 11 is 0. The van der Waals surface area contributed by atoms with Crippen molar-refractivity contribution in [2.45, 2.75) is 20.3 Å². The fraction of sp³-hybridized carbons (Fsp3) is 0.294. The zero-order chi connectivity index (χ0) is 13.7. The maximum absolute atomic E-state index is 5.82. The lowest BCUT2D eigenvalue weighted by atomic mass is 10.1. The summed E-state index contributed by atoms with van der Waals surface area (Å²) in [6.45, 7) is 4.86. The Morgan fingerprint density at radius 3 is 2.32 bits per heavy atom. The van der Waals surface area contributed by atoms with Gasteiger partial charge in [0.25, 0.3) is 0 Å². The first-order chi connectivity index (χ1) is 9.19. The van der Waals surface area contributed by atoms with E-state index in [0.29, 0.717) is 6.61 Å². The van der Waals surface area contributed by atoms with E-state index in [2.05, 4.69) is 38.1 Å². The number of rotatable bonds is 5. The Balaban J connectivity index is 1.88. The zero-order valence-electron chi connectivity index (χ0n) is 11.8. The number of aryl methyl sites for hydroxylation is 2. The topological polar surface area (TPSA) is 18.5 Å². The van der Waals surface area contributed by atoms with Gasteiger partial charge < -0.3 is 9.47 Å². The highest BCUT2D eigenvalue weighted by atomic mass is 16.5. The minimum atomic E-state index is 0.691. The molecule has 0 aliphatic heterocycles. The average molecular weight is 256 g/mol. The quantitative estimate of drug-likeness (QED) is 0.807. The summed E-state index contributed by atoms with van der Waals surface area (Å²) in [6, 6.07) is 14.4. The van der Waals surface area contributed by atoms with Crippen molar-refractivity contribution < 1.29 is 9.47 Å². The molecule has 0 N–H and O–H groups in total. The molecule has 0 atom stereocenters. The van der Waals surface area contributed by atoms with Crippen molar-refractivity contribution in [3.8, 4) is 11.5 Å². The van der Waals surface area contributed by atoms with Crippen LogP contribution < -0.4 is 9.47 Å². The molecule has 0 heterocycles. The van der Waals surface area contributed by atoms with Crippen LogP contribution in [0.2, 0.25) is 0 Å². The summed E-state index contributed by atoms with van der Waals surface area (Å²) in [6.07, 6.45) is 0.900. The molecule has 0 spiro atoms. The maximum Gasteiger partial charge on any atom is 0.122 e. The molecule has 2 aromatic rings. The molecule has 2 nitrogen and oxygen atoms in total. The van der Waals surface area contributed by atoms with Gasteiger partial charge in [-0.05, 0) is 43.2 Å². The van der Waals surface area contributed by atoms with Gasteiger partial charge in [0.1, 0.15) is 11.5 Å². The van der Waals surface area contributed by atoms with Gasteiger partial charge in [0.2, 0.25) is 0 Å². The molecule has 0 aromatic heterocycles. The van der Waals surface area contributed by atoms with Crippen LogP contribution in [0.15, 0.2) is 42.5 Å². The van der Waals surface area contributed by atoms with E-state index >= 15 is 0 Å². The van der Waals surface area contributed by atoms with Crippen molar-refractivity contribution in [2.75, 3.05) is 13.7 Å². The van der Waals surface area contributed by atoms with E-state index in [1.54, 1.807) is 7.11 Å². The second-order valence-electron chi connectivity index (χ2n) is 4.72. The van der Waals surface area contributed by atoms with Crippen LogP contribution in [0.1, 0.15) is 16.7 Å². The number of hydrogen-bond donors (Lipinski definition) is 0. The van der Waals surface area contributed by atoms with Crippen LogP contribution in [0, 0.1) is 13.8 Å². The molecule has 0 aliphatic carbocycles. The normalized spacial score (nSPS) is 10.3. The smallest absolute Gasteiger partial charge is 0.122 e. The Hall–Kier alpha value is -1.96. The molecule has 0 bridgehead atoms. The predicted octanol–water partition coefficient (Wildman–Crippen LogP) is 3.93. The summed E-state index contributed by atoms with van der Waals surface area (Å²) in [5.41, 5.74) is 3.71. The lowest BCUT2D eigenvalue weighted by molar-refractivity contribution is 0.319. The van der Waals surface area contributed by atoms with Gasteiger partial charge in [-0.3, -0.25) is 0 Å². The fourth-order valence-corrected chi connectivity index (χ4v) is 2.03. The van der Waals surface area contributed by atoms with E-state index in [-0.39, 0.29) is 0 Å². The summed E-state index contributed by atoms with van der Waals surface area (Å²) in [5, 5.41) is 0. The molecule has 2 aromatic carbocycles. The second-order valence-corrected chi connectivity index (χ2v) is 4.72. The Bertz CT molecular complexity index is 529. The molecule has 0 aliphatic rings. The molecule has 100 valence electrons. The third-order valence-electron chi connectivity index (χ3n) is 3.14. The van der Waals surface area contributed by atoms with Crippen molar-refractivity contribution >= 4 is 0 Å². The predicted molar refractivity (Wildman–Crippen MR) is 78.1 cm³/mol. The molecule has 19 heavy (non-hydrogen) atoms. The molecule has 0 fully saturated rings. The fourth-order valence-electron chi connectivity index (χ4n) is 2.03. The van der Waals surface area contributed by atoms with E-state index in [0.717, 1.165) is 17.9 Å². The minimum Gasteiger partial charge on any atom is -0.497 e. The van der Waals surface area contributed by atoms with E-state index in [1.165, 1.54) is 16.7 Å². The number of benzene rings is 2. The standard InChI is InChI=1S/C17H20O2/c1-13-4-9-17(14(2)12-13)19-11-10-15-5-7-16(18-3)8-6-15/h4-9,12H,10-11H2,1-3H3. The highest BCUT2D eigenvalue weighted by molar-refractivity contribution is 5.35. The van der Waals surface area contributed by atoms with Gasteiger partial charge in [0.05, 0.1) is 13.7 Å². The molecule has 0 amide bonds. The van der Waals surface area contributed by atoms with Gasteiger partial charge in [-0.15, -0.1) is 0 Å². The first-order valence-electron chi connectivity index (χ1n) is 6.52. The van der Waals surface area contributed by atoms with Gasteiger partial charge in [0.15, 0.2) is 0 Å². The Labute approximate surface area is 115 Å². The van der Waals surface area contributed by atoms with Gasteiger partial charge in [-0.25, -0.2) is 0 Å². The van der Waals surface area contributed by atoms with Gasteiger partial charge in [-0.1, -0.05) is 29.8 Å². The van der Waals surface area contributed by atoms with E-state index in [9.17, 15) is 0 Å². The second kappa shape index (κ2) is 6.28. The minimum absolute atomic E-state index is 0.691. The largest absolute Gasteiger partial charge is 0.497 e. The van der Waals surface area contributed by atoms with Crippen LogP contribution >= 0.6 is 0 Å². The van der Waals surface area contributed by atoms with Crippen molar-refractivity contribution in [3.05, 3.63) is 59.2 Å². The molecule has 0 unspecified atom stereocenters. The highest BCUT2D eigenvalue weighted by Crippen LogP contribution is 2.19. The molecule has 0 saturated carbocycles. The van der Waals surface area contributed by atoms with Crippen LogP contribution in [-0.4, -0.2) is 13.7 Å². The van der Waals surface area contributed by atoms with Crippen molar-refractivity contribution in [1.29, 1.82) is 0 Å².